The van der Waals surface area contributed by atoms with Crippen LogP contribution in [0.4, 0.5) is 22.7 Å². The Bertz CT molecular complexity index is 3530. The van der Waals surface area contributed by atoms with Crippen molar-refractivity contribution in [2.24, 2.45) is 0 Å². The lowest BCUT2D eigenvalue weighted by Gasteiger charge is -2.40. The topological polar surface area (TPSA) is 19.6 Å². The van der Waals surface area contributed by atoms with E-state index in [1.807, 2.05) is 11.3 Å². The minimum atomic E-state index is -0.318. The number of benzene rings is 8. The molecule has 0 N–H and O–H groups in total. The van der Waals surface area contributed by atoms with E-state index in [2.05, 4.69) is 212 Å². The Kier molecular flexibility index (Phi) is 8.08. The number of aryl methyl sites for hydroxylation is 1. The molecule has 0 radical (unpaired) electrons. The molecular formula is C59H44N2OS. The summed E-state index contributed by atoms with van der Waals surface area (Å²) in [5, 5.41) is 6.13. The minimum Gasteiger partial charge on any atom is -0.455 e. The maximum atomic E-state index is 7.29. The summed E-state index contributed by atoms with van der Waals surface area (Å²) in [6, 6.07) is 66.9. The van der Waals surface area contributed by atoms with Crippen molar-refractivity contribution in [3.63, 3.8) is 0 Å². The predicted octanol–water partition coefficient (Wildman–Crippen LogP) is 16.5. The van der Waals surface area contributed by atoms with Crippen LogP contribution in [-0.2, 0) is 11.8 Å². The minimum absolute atomic E-state index is 0.0343. The smallest absolute Gasteiger partial charge is 0.145 e. The molecule has 0 saturated heterocycles. The number of thiophene rings is 1. The molecular weight excluding hydrogens is 785 g/mol. The molecule has 10 aromatic rings. The van der Waals surface area contributed by atoms with E-state index in [9.17, 15) is 0 Å². The lowest BCUT2D eigenvalue weighted by atomic mass is 9.75. The largest absolute Gasteiger partial charge is 0.455 e. The van der Waals surface area contributed by atoms with Crippen molar-refractivity contribution >= 4 is 88.2 Å². The van der Waals surface area contributed by atoms with E-state index in [4.69, 9.17) is 4.42 Å². The molecule has 0 amide bonds. The van der Waals surface area contributed by atoms with Gasteiger partial charge in [-0.15, -0.1) is 11.3 Å². The third kappa shape index (κ3) is 5.38. The van der Waals surface area contributed by atoms with Gasteiger partial charge < -0.3 is 14.2 Å². The number of hydrogen-bond donors (Lipinski definition) is 0. The third-order valence-electron chi connectivity index (χ3n) is 14.1. The first-order valence-electron chi connectivity index (χ1n) is 22.2. The Balaban J connectivity index is 1.10. The van der Waals surface area contributed by atoms with Crippen molar-refractivity contribution in [3.05, 3.63) is 226 Å². The summed E-state index contributed by atoms with van der Waals surface area (Å²) in [6.07, 6.45) is 5.34. The van der Waals surface area contributed by atoms with Crippen LogP contribution in [0.2, 0.25) is 0 Å². The quantitative estimate of drug-likeness (QED) is 0.166. The van der Waals surface area contributed by atoms with Crippen LogP contribution < -0.4 is 9.80 Å². The Morgan fingerprint density at radius 1 is 0.635 bits per heavy atom. The maximum absolute atomic E-state index is 7.29. The van der Waals surface area contributed by atoms with Gasteiger partial charge in [-0.3, -0.25) is 0 Å². The summed E-state index contributed by atoms with van der Waals surface area (Å²) >= 11 is 1.95. The van der Waals surface area contributed by atoms with Crippen LogP contribution >= 0.6 is 11.3 Å². The number of furan rings is 1. The molecule has 4 heteroatoms. The van der Waals surface area contributed by atoms with E-state index < -0.39 is 0 Å². The summed E-state index contributed by atoms with van der Waals surface area (Å²) in [5.74, 6) is 0. The molecule has 0 saturated carbocycles. The zero-order valence-corrected chi connectivity index (χ0v) is 36.1. The number of anilines is 4. The summed E-state index contributed by atoms with van der Waals surface area (Å²) in [5.41, 5.74) is 17.0. The van der Waals surface area contributed by atoms with Crippen LogP contribution in [-0.4, -0.2) is 0 Å². The van der Waals surface area contributed by atoms with E-state index in [1.54, 1.807) is 0 Å². The first-order valence-corrected chi connectivity index (χ1v) is 23.1. The zero-order chi connectivity index (χ0) is 41.8. The average Bonchev–Trinajstić information content (AvgIpc) is 3.98. The fraction of sp³-hybridized carbons (Fsp3) is 0.119. The molecule has 0 fully saturated rings. The lowest BCUT2D eigenvalue weighted by molar-refractivity contribution is 0.564. The van der Waals surface area contributed by atoms with E-state index in [1.165, 1.54) is 81.8 Å². The van der Waals surface area contributed by atoms with Crippen LogP contribution in [0.15, 0.2) is 198 Å². The molecule has 0 bridgehead atoms. The monoisotopic (exact) mass is 828 g/mol. The van der Waals surface area contributed by atoms with Crippen LogP contribution in [0.3, 0.4) is 0 Å². The van der Waals surface area contributed by atoms with Gasteiger partial charge in [0.25, 0.3) is 0 Å². The van der Waals surface area contributed by atoms with Crippen LogP contribution in [0.5, 0.6) is 0 Å². The lowest BCUT2D eigenvalue weighted by Crippen LogP contribution is -2.30. The van der Waals surface area contributed by atoms with Gasteiger partial charge in [0.1, 0.15) is 11.2 Å². The highest BCUT2D eigenvalue weighted by atomic mass is 32.1. The molecule has 2 heterocycles. The second-order valence-corrected chi connectivity index (χ2v) is 18.9. The van der Waals surface area contributed by atoms with Gasteiger partial charge in [-0.1, -0.05) is 153 Å². The number of fused-ring (bicyclic) bond motifs is 12. The van der Waals surface area contributed by atoms with Crippen molar-refractivity contribution in [3.8, 4) is 0 Å². The molecule has 8 aromatic carbocycles. The summed E-state index contributed by atoms with van der Waals surface area (Å²) in [7, 11) is 0. The molecule has 3 nitrogen and oxygen atoms in total. The molecule has 1 unspecified atom stereocenters. The molecule has 1 atom stereocenters. The van der Waals surface area contributed by atoms with Crippen LogP contribution in [0.1, 0.15) is 65.4 Å². The number of para-hydroxylation sites is 3. The van der Waals surface area contributed by atoms with Gasteiger partial charge in [0.15, 0.2) is 0 Å². The fourth-order valence-corrected chi connectivity index (χ4v) is 12.6. The Morgan fingerprint density at radius 2 is 1.32 bits per heavy atom. The number of rotatable bonds is 6. The van der Waals surface area contributed by atoms with Crippen molar-refractivity contribution < 1.29 is 4.42 Å². The molecule has 2 aromatic heterocycles. The first kappa shape index (κ1) is 36.5. The van der Waals surface area contributed by atoms with E-state index in [0.29, 0.717) is 0 Å². The van der Waals surface area contributed by atoms with Gasteiger partial charge in [0.05, 0.1) is 17.1 Å². The maximum Gasteiger partial charge on any atom is 0.145 e. The predicted molar refractivity (Wildman–Crippen MR) is 266 cm³/mol. The van der Waals surface area contributed by atoms with Gasteiger partial charge in [0, 0.05) is 70.8 Å². The molecule has 3 aliphatic carbocycles. The van der Waals surface area contributed by atoms with Gasteiger partial charge in [0.2, 0.25) is 0 Å². The normalized spacial score (nSPS) is 16.2. The summed E-state index contributed by atoms with van der Waals surface area (Å²) in [6.45, 7) is 4.93. The van der Waals surface area contributed by atoms with Crippen molar-refractivity contribution in [1.82, 2.24) is 0 Å². The fourth-order valence-electron chi connectivity index (χ4n) is 11.3. The van der Waals surface area contributed by atoms with Gasteiger partial charge >= 0.3 is 0 Å². The van der Waals surface area contributed by atoms with Crippen LogP contribution in [0, 0.1) is 0 Å². The molecule has 13 rings (SSSR count). The summed E-state index contributed by atoms with van der Waals surface area (Å²) < 4.78 is 8.60. The standard InChI is InChI=1S/C59H44N2OS/c1-59(2)45-35-49(60(39-23-5-3-6-24-39)47-31-17-21-37-19-9-11-27-41(37)47)53-43-29-13-15-33-51(43)62-57(53)55(45)56-46(59)36-50(54-44-30-14-16-34-52(44)63-58(54)56)61(40-25-7-4-8-26-40)48-32-18-22-38-20-10-12-28-42(38)48/h3-16,18-20,22-35,50H,17,21,36H2,1-2H3. The molecule has 0 spiro atoms. The Hall–Kier alpha value is -7.14. The summed E-state index contributed by atoms with van der Waals surface area (Å²) in [4.78, 5) is 6.53. The number of allylic oxidation sites excluding steroid dienone is 1. The van der Waals surface area contributed by atoms with Gasteiger partial charge in [-0.25, -0.2) is 0 Å². The highest BCUT2D eigenvalue weighted by molar-refractivity contribution is 7.20. The second kappa shape index (κ2) is 13.9. The SMILES string of the molecule is CC1(C)C2=C(c3sc4ccccc4c3C(N(c3ccccc3)c3cccc4ccccc34)C2)c2c1cc(N(C1=CCCc3ccccc31)c1ccccc1)c1c2oc2ccccc21. The Morgan fingerprint density at radius 3 is 2.16 bits per heavy atom. The molecule has 0 aliphatic heterocycles. The first-order chi connectivity index (χ1) is 31.0. The molecule has 302 valence electrons. The highest BCUT2D eigenvalue weighted by Crippen LogP contribution is 2.63. The second-order valence-electron chi connectivity index (χ2n) is 17.8. The number of hydrogen-bond acceptors (Lipinski definition) is 4. The van der Waals surface area contributed by atoms with Gasteiger partial charge in [-0.2, -0.15) is 0 Å². The van der Waals surface area contributed by atoms with E-state index in [-0.39, 0.29) is 11.5 Å². The van der Waals surface area contributed by atoms with Gasteiger partial charge in [-0.05, 0) is 95.3 Å². The van der Waals surface area contributed by atoms with E-state index >= 15 is 0 Å². The van der Waals surface area contributed by atoms with Crippen molar-refractivity contribution in [1.29, 1.82) is 0 Å². The zero-order valence-electron chi connectivity index (χ0n) is 35.3. The molecule has 63 heavy (non-hydrogen) atoms. The van der Waals surface area contributed by atoms with E-state index in [0.717, 1.165) is 52.6 Å². The average molecular weight is 829 g/mol. The number of nitrogens with zero attached hydrogens (tertiary/aromatic N) is 2. The van der Waals surface area contributed by atoms with Crippen LogP contribution in [0.25, 0.3) is 54.1 Å². The Labute approximate surface area is 371 Å². The van der Waals surface area contributed by atoms with Crippen molar-refractivity contribution in [2.45, 2.75) is 44.6 Å². The molecule has 3 aliphatic rings. The third-order valence-corrected chi connectivity index (χ3v) is 15.3. The highest BCUT2D eigenvalue weighted by Gasteiger charge is 2.48. The van der Waals surface area contributed by atoms with Crippen molar-refractivity contribution in [2.75, 3.05) is 9.80 Å².